The third-order valence-electron chi connectivity index (χ3n) is 2.67. The molecular formula is C12H14ClNO2. The van der Waals surface area contributed by atoms with Gasteiger partial charge >= 0.3 is 5.97 Å². The Hall–Kier alpha value is -1.22. The largest absolute Gasteiger partial charge is 0.480 e. The van der Waals surface area contributed by atoms with Crippen molar-refractivity contribution in [2.24, 2.45) is 5.92 Å². The van der Waals surface area contributed by atoms with E-state index in [9.17, 15) is 4.79 Å². The number of carboxylic acids is 1. The Morgan fingerprint density at radius 2 is 2.25 bits per heavy atom. The van der Waals surface area contributed by atoms with Crippen LogP contribution in [0.15, 0.2) is 24.3 Å². The summed E-state index contributed by atoms with van der Waals surface area (Å²) in [6, 6.07) is 7.35. The number of aliphatic carboxylic acids is 1. The average molecular weight is 240 g/mol. The number of hydrogen-bond acceptors (Lipinski definition) is 2. The fourth-order valence-corrected chi connectivity index (χ4v) is 1.89. The minimum atomic E-state index is -0.805. The summed E-state index contributed by atoms with van der Waals surface area (Å²) in [4.78, 5) is 12.7. The Morgan fingerprint density at radius 3 is 2.81 bits per heavy atom. The van der Waals surface area contributed by atoms with Gasteiger partial charge in [-0.1, -0.05) is 17.7 Å². The molecule has 0 atom stereocenters. The lowest BCUT2D eigenvalue weighted by Crippen LogP contribution is -2.31. The summed E-state index contributed by atoms with van der Waals surface area (Å²) in [5.74, 6) is -0.154. The number of nitrogens with zero attached hydrogens (tertiary/aromatic N) is 1. The number of carbonyl (C=O) groups is 1. The van der Waals surface area contributed by atoms with Gasteiger partial charge in [-0.25, -0.2) is 0 Å². The molecule has 0 aliphatic heterocycles. The van der Waals surface area contributed by atoms with Crippen LogP contribution in [0.1, 0.15) is 12.8 Å². The van der Waals surface area contributed by atoms with Crippen molar-refractivity contribution in [3.05, 3.63) is 29.3 Å². The summed E-state index contributed by atoms with van der Waals surface area (Å²) < 4.78 is 0. The highest BCUT2D eigenvalue weighted by molar-refractivity contribution is 6.30. The first-order valence-electron chi connectivity index (χ1n) is 5.37. The Labute approximate surface area is 99.6 Å². The van der Waals surface area contributed by atoms with Crippen LogP contribution < -0.4 is 4.90 Å². The van der Waals surface area contributed by atoms with Gasteiger partial charge in [0.1, 0.15) is 6.54 Å². The molecule has 1 aromatic carbocycles. The van der Waals surface area contributed by atoms with Gasteiger partial charge in [-0.2, -0.15) is 0 Å². The second-order valence-electron chi connectivity index (χ2n) is 4.20. The van der Waals surface area contributed by atoms with E-state index in [1.807, 2.05) is 23.1 Å². The first-order valence-corrected chi connectivity index (χ1v) is 5.75. The quantitative estimate of drug-likeness (QED) is 0.859. The van der Waals surface area contributed by atoms with Gasteiger partial charge in [0.2, 0.25) is 0 Å². The maximum atomic E-state index is 10.8. The van der Waals surface area contributed by atoms with Gasteiger partial charge < -0.3 is 10.0 Å². The Kier molecular flexibility index (Phi) is 3.34. The second kappa shape index (κ2) is 4.74. The van der Waals surface area contributed by atoms with E-state index in [0.717, 1.165) is 12.2 Å². The van der Waals surface area contributed by atoms with E-state index in [2.05, 4.69) is 0 Å². The molecule has 0 spiro atoms. The van der Waals surface area contributed by atoms with Gasteiger partial charge in [0.25, 0.3) is 0 Å². The monoisotopic (exact) mass is 239 g/mol. The number of halogens is 1. The zero-order valence-electron chi connectivity index (χ0n) is 8.90. The molecule has 0 aromatic heterocycles. The number of hydrogen-bond donors (Lipinski definition) is 1. The molecule has 0 unspecified atom stereocenters. The van der Waals surface area contributed by atoms with Crippen molar-refractivity contribution < 1.29 is 9.90 Å². The lowest BCUT2D eigenvalue weighted by Gasteiger charge is -2.22. The maximum absolute atomic E-state index is 10.8. The number of carboxylic acid groups (broad SMARTS) is 1. The lowest BCUT2D eigenvalue weighted by atomic mass is 10.2. The smallest absolute Gasteiger partial charge is 0.323 e. The molecule has 0 bridgehead atoms. The molecule has 1 fully saturated rings. The lowest BCUT2D eigenvalue weighted by molar-refractivity contribution is -0.135. The maximum Gasteiger partial charge on any atom is 0.323 e. The molecule has 0 radical (unpaired) electrons. The normalized spacial score (nSPS) is 14.8. The van der Waals surface area contributed by atoms with E-state index < -0.39 is 5.97 Å². The van der Waals surface area contributed by atoms with E-state index in [1.165, 1.54) is 12.8 Å². The first kappa shape index (κ1) is 11.3. The van der Waals surface area contributed by atoms with Crippen LogP contribution >= 0.6 is 11.6 Å². The van der Waals surface area contributed by atoms with Crippen LogP contribution in [0, 0.1) is 5.92 Å². The van der Waals surface area contributed by atoms with E-state index in [0.29, 0.717) is 10.9 Å². The molecular weight excluding hydrogens is 226 g/mol. The van der Waals surface area contributed by atoms with Crippen LogP contribution in [-0.4, -0.2) is 24.2 Å². The second-order valence-corrected chi connectivity index (χ2v) is 4.63. The number of benzene rings is 1. The minimum Gasteiger partial charge on any atom is -0.480 e. The SMILES string of the molecule is O=C(O)CN(CC1CC1)c1cccc(Cl)c1. The number of anilines is 1. The molecule has 4 heteroatoms. The first-order chi connectivity index (χ1) is 7.65. The molecule has 1 aliphatic carbocycles. The van der Waals surface area contributed by atoms with Gasteiger partial charge in [-0.15, -0.1) is 0 Å². The van der Waals surface area contributed by atoms with Crippen LogP contribution in [0.3, 0.4) is 0 Å². The fraction of sp³-hybridized carbons (Fsp3) is 0.417. The van der Waals surface area contributed by atoms with Gasteiger partial charge in [0, 0.05) is 17.3 Å². The third-order valence-corrected chi connectivity index (χ3v) is 2.91. The van der Waals surface area contributed by atoms with Gasteiger partial charge in [-0.3, -0.25) is 4.79 Å². The Bertz CT molecular complexity index is 390. The average Bonchev–Trinajstić information content (AvgIpc) is 3.00. The zero-order valence-corrected chi connectivity index (χ0v) is 9.65. The van der Waals surface area contributed by atoms with E-state index >= 15 is 0 Å². The van der Waals surface area contributed by atoms with Crippen LogP contribution in [0.5, 0.6) is 0 Å². The molecule has 3 nitrogen and oxygen atoms in total. The van der Waals surface area contributed by atoms with Crippen molar-refractivity contribution in [3.8, 4) is 0 Å². The fourth-order valence-electron chi connectivity index (χ4n) is 1.71. The van der Waals surface area contributed by atoms with Gasteiger partial charge in [0.05, 0.1) is 0 Å². The molecule has 0 heterocycles. The van der Waals surface area contributed by atoms with E-state index in [4.69, 9.17) is 16.7 Å². The zero-order chi connectivity index (χ0) is 11.5. The third kappa shape index (κ3) is 3.14. The molecule has 1 aliphatic rings. The van der Waals surface area contributed by atoms with Crippen LogP contribution in [0.4, 0.5) is 5.69 Å². The summed E-state index contributed by atoms with van der Waals surface area (Å²) in [7, 11) is 0. The number of rotatable bonds is 5. The summed E-state index contributed by atoms with van der Waals surface area (Å²) in [5.41, 5.74) is 0.891. The highest BCUT2D eigenvalue weighted by atomic mass is 35.5. The highest BCUT2D eigenvalue weighted by Crippen LogP contribution is 2.31. The molecule has 16 heavy (non-hydrogen) atoms. The standard InChI is InChI=1S/C12H14ClNO2/c13-10-2-1-3-11(6-10)14(8-12(15)16)7-9-4-5-9/h1-3,6,9H,4-5,7-8H2,(H,15,16). The summed E-state index contributed by atoms with van der Waals surface area (Å²) >= 11 is 5.90. The Morgan fingerprint density at radius 1 is 1.50 bits per heavy atom. The molecule has 0 saturated heterocycles. The van der Waals surface area contributed by atoms with Crippen molar-refractivity contribution in [1.82, 2.24) is 0 Å². The molecule has 1 saturated carbocycles. The molecule has 0 amide bonds. The predicted molar refractivity (Wildman–Crippen MR) is 64.0 cm³/mol. The summed E-state index contributed by atoms with van der Waals surface area (Å²) in [5, 5.41) is 9.52. The minimum absolute atomic E-state index is 0.0385. The van der Waals surface area contributed by atoms with Crippen LogP contribution in [-0.2, 0) is 4.79 Å². The van der Waals surface area contributed by atoms with Crippen molar-refractivity contribution in [1.29, 1.82) is 0 Å². The van der Waals surface area contributed by atoms with Crippen molar-refractivity contribution >= 4 is 23.3 Å². The molecule has 86 valence electrons. The van der Waals surface area contributed by atoms with Crippen molar-refractivity contribution in [2.75, 3.05) is 18.0 Å². The molecule has 1 aromatic rings. The van der Waals surface area contributed by atoms with Crippen LogP contribution in [0.25, 0.3) is 0 Å². The molecule has 2 rings (SSSR count). The van der Waals surface area contributed by atoms with Gasteiger partial charge in [0.15, 0.2) is 0 Å². The topological polar surface area (TPSA) is 40.5 Å². The van der Waals surface area contributed by atoms with Gasteiger partial charge in [-0.05, 0) is 37.0 Å². The van der Waals surface area contributed by atoms with Crippen molar-refractivity contribution in [3.63, 3.8) is 0 Å². The van der Waals surface area contributed by atoms with Crippen molar-refractivity contribution in [2.45, 2.75) is 12.8 Å². The van der Waals surface area contributed by atoms with E-state index in [-0.39, 0.29) is 6.54 Å². The summed E-state index contributed by atoms with van der Waals surface area (Å²) in [6.45, 7) is 0.851. The van der Waals surface area contributed by atoms with Crippen LogP contribution in [0.2, 0.25) is 5.02 Å². The predicted octanol–water partition coefficient (Wildman–Crippen LogP) is 2.64. The summed E-state index contributed by atoms with van der Waals surface area (Å²) in [6.07, 6.45) is 2.41. The van der Waals surface area contributed by atoms with E-state index in [1.54, 1.807) is 6.07 Å². The highest BCUT2D eigenvalue weighted by Gasteiger charge is 2.25. The Balaban J connectivity index is 2.12. The molecule has 1 N–H and O–H groups in total.